The fourth-order valence-corrected chi connectivity index (χ4v) is 3.94. The first-order chi connectivity index (χ1) is 15.7. The molecule has 0 radical (unpaired) electrons. The van der Waals surface area contributed by atoms with E-state index in [1.165, 1.54) is 24.3 Å². The molecule has 33 heavy (non-hydrogen) atoms. The van der Waals surface area contributed by atoms with E-state index in [9.17, 15) is 18.8 Å². The second kappa shape index (κ2) is 11.1. The molecule has 2 amide bonds. The summed E-state index contributed by atoms with van der Waals surface area (Å²) in [5.74, 6) is -1.30. The van der Waals surface area contributed by atoms with E-state index in [1.54, 1.807) is 18.7 Å². The predicted molar refractivity (Wildman–Crippen MR) is 123 cm³/mol. The highest BCUT2D eigenvalue weighted by molar-refractivity contribution is 5.94. The molecule has 0 bridgehead atoms. The Kier molecular flexibility index (Phi) is 8.20. The highest BCUT2D eigenvalue weighted by Crippen LogP contribution is 2.23. The monoisotopic (exact) mass is 454 g/mol. The van der Waals surface area contributed by atoms with Crippen LogP contribution in [0.1, 0.15) is 60.6 Å². The Labute approximate surface area is 194 Å². The van der Waals surface area contributed by atoms with Crippen LogP contribution in [-0.2, 0) is 14.3 Å². The van der Waals surface area contributed by atoms with Gasteiger partial charge in [0, 0.05) is 24.6 Å². The first kappa shape index (κ1) is 24.4. The van der Waals surface area contributed by atoms with E-state index in [2.05, 4.69) is 5.32 Å². The van der Waals surface area contributed by atoms with Crippen molar-refractivity contribution in [3.63, 3.8) is 0 Å². The quantitative estimate of drug-likeness (QED) is 0.637. The van der Waals surface area contributed by atoms with Crippen molar-refractivity contribution in [1.82, 2.24) is 10.2 Å². The van der Waals surface area contributed by atoms with Crippen LogP contribution in [0.5, 0.6) is 0 Å². The molecule has 7 heteroatoms. The molecule has 0 aromatic heterocycles. The number of aryl methyl sites for hydroxylation is 1. The Hall–Kier alpha value is -3.22. The number of ether oxygens (including phenoxy) is 1. The molecule has 3 rings (SSSR count). The van der Waals surface area contributed by atoms with E-state index in [-0.39, 0.29) is 42.0 Å². The lowest BCUT2D eigenvalue weighted by molar-refractivity contribution is -0.148. The number of likely N-dealkylation sites (tertiary alicyclic amines) is 1. The third kappa shape index (κ3) is 6.88. The maximum atomic E-state index is 13.1. The summed E-state index contributed by atoms with van der Waals surface area (Å²) >= 11 is 0. The number of esters is 1. The van der Waals surface area contributed by atoms with Crippen molar-refractivity contribution in [1.29, 1.82) is 0 Å². The SMILES string of the molecule is Cc1ccc(C(CC(=O)OC(C)C)NC(=O)C2CCN(C(=O)c3ccc(F)cc3)CC2)cc1. The third-order valence-corrected chi connectivity index (χ3v) is 5.78. The lowest BCUT2D eigenvalue weighted by atomic mass is 9.94. The van der Waals surface area contributed by atoms with Gasteiger partial charge in [0.15, 0.2) is 0 Å². The number of rotatable bonds is 7. The molecule has 1 aliphatic heterocycles. The second-order valence-electron chi connectivity index (χ2n) is 8.79. The van der Waals surface area contributed by atoms with Gasteiger partial charge in [-0.25, -0.2) is 4.39 Å². The third-order valence-electron chi connectivity index (χ3n) is 5.78. The number of halogens is 1. The molecule has 6 nitrogen and oxygen atoms in total. The van der Waals surface area contributed by atoms with E-state index in [0.29, 0.717) is 31.5 Å². The number of hydrogen-bond acceptors (Lipinski definition) is 4. The van der Waals surface area contributed by atoms with E-state index >= 15 is 0 Å². The number of carbonyl (C=O) groups excluding carboxylic acids is 3. The maximum absolute atomic E-state index is 13.1. The summed E-state index contributed by atoms with van der Waals surface area (Å²) in [6.07, 6.45) is 0.871. The lowest BCUT2D eigenvalue weighted by Crippen LogP contribution is -2.44. The van der Waals surface area contributed by atoms with E-state index in [1.807, 2.05) is 31.2 Å². The van der Waals surface area contributed by atoms with Gasteiger partial charge in [-0.15, -0.1) is 0 Å². The van der Waals surface area contributed by atoms with Gasteiger partial charge in [-0.1, -0.05) is 29.8 Å². The largest absolute Gasteiger partial charge is 0.463 e. The molecule has 1 unspecified atom stereocenters. The average Bonchev–Trinajstić information content (AvgIpc) is 2.78. The molecule has 1 N–H and O–H groups in total. The van der Waals surface area contributed by atoms with Crippen LogP contribution in [-0.4, -0.2) is 41.9 Å². The molecule has 1 fully saturated rings. The molecule has 0 saturated carbocycles. The lowest BCUT2D eigenvalue weighted by Gasteiger charge is -2.32. The fourth-order valence-electron chi connectivity index (χ4n) is 3.94. The van der Waals surface area contributed by atoms with Crippen LogP contribution >= 0.6 is 0 Å². The summed E-state index contributed by atoms with van der Waals surface area (Å²) in [6, 6.07) is 12.7. The van der Waals surface area contributed by atoms with Crippen LogP contribution in [0.4, 0.5) is 4.39 Å². The Morgan fingerprint density at radius 3 is 2.21 bits per heavy atom. The number of benzene rings is 2. The van der Waals surface area contributed by atoms with Crippen LogP contribution in [0, 0.1) is 18.7 Å². The minimum Gasteiger partial charge on any atom is -0.463 e. The van der Waals surface area contributed by atoms with Gasteiger partial charge in [-0.3, -0.25) is 14.4 Å². The zero-order valence-electron chi connectivity index (χ0n) is 19.3. The van der Waals surface area contributed by atoms with Gasteiger partial charge in [0.25, 0.3) is 5.91 Å². The van der Waals surface area contributed by atoms with Crippen molar-refractivity contribution in [3.8, 4) is 0 Å². The summed E-state index contributed by atoms with van der Waals surface area (Å²) < 4.78 is 18.4. The summed E-state index contributed by atoms with van der Waals surface area (Å²) in [4.78, 5) is 39.7. The van der Waals surface area contributed by atoms with E-state index in [4.69, 9.17) is 4.74 Å². The van der Waals surface area contributed by atoms with Crippen LogP contribution in [0.15, 0.2) is 48.5 Å². The predicted octanol–water partition coefficient (Wildman–Crippen LogP) is 4.19. The van der Waals surface area contributed by atoms with Crippen LogP contribution in [0.3, 0.4) is 0 Å². The van der Waals surface area contributed by atoms with E-state index in [0.717, 1.165) is 11.1 Å². The molecule has 0 aliphatic carbocycles. The molecule has 1 aliphatic rings. The van der Waals surface area contributed by atoms with Crippen molar-refractivity contribution in [3.05, 3.63) is 71.0 Å². The molecule has 1 atom stereocenters. The highest BCUT2D eigenvalue weighted by atomic mass is 19.1. The molecule has 1 saturated heterocycles. The zero-order chi connectivity index (χ0) is 24.0. The van der Waals surface area contributed by atoms with Crippen LogP contribution < -0.4 is 5.32 Å². The molecule has 0 spiro atoms. The first-order valence-electron chi connectivity index (χ1n) is 11.3. The summed E-state index contributed by atoms with van der Waals surface area (Å²) in [5, 5.41) is 3.02. The number of nitrogens with zero attached hydrogens (tertiary/aromatic N) is 1. The van der Waals surface area contributed by atoms with Gasteiger partial charge in [0.2, 0.25) is 5.91 Å². The van der Waals surface area contributed by atoms with Gasteiger partial charge < -0.3 is 15.0 Å². The van der Waals surface area contributed by atoms with Gasteiger partial charge in [0.05, 0.1) is 18.6 Å². The normalized spacial score (nSPS) is 15.2. The molecule has 176 valence electrons. The summed E-state index contributed by atoms with van der Waals surface area (Å²) in [7, 11) is 0. The molecular formula is C26H31FN2O4. The van der Waals surface area contributed by atoms with Gasteiger partial charge in [0.1, 0.15) is 5.82 Å². The van der Waals surface area contributed by atoms with Crippen molar-refractivity contribution in [2.75, 3.05) is 13.1 Å². The van der Waals surface area contributed by atoms with E-state index < -0.39 is 6.04 Å². The van der Waals surface area contributed by atoms with Crippen molar-refractivity contribution < 1.29 is 23.5 Å². The molecule has 2 aromatic carbocycles. The molecule has 2 aromatic rings. The topological polar surface area (TPSA) is 75.7 Å². The molecule has 1 heterocycles. The number of carbonyl (C=O) groups is 3. The number of amides is 2. The Morgan fingerprint density at radius 1 is 1.03 bits per heavy atom. The first-order valence-corrected chi connectivity index (χ1v) is 11.3. The minimum absolute atomic E-state index is 0.0505. The number of piperidine rings is 1. The minimum atomic E-state index is -0.483. The smallest absolute Gasteiger partial charge is 0.308 e. The average molecular weight is 455 g/mol. The van der Waals surface area contributed by atoms with Crippen LogP contribution in [0.25, 0.3) is 0 Å². The highest BCUT2D eigenvalue weighted by Gasteiger charge is 2.30. The van der Waals surface area contributed by atoms with Crippen LogP contribution in [0.2, 0.25) is 0 Å². The van der Waals surface area contributed by atoms with Gasteiger partial charge in [-0.05, 0) is 63.4 Å². The summed E-state index contributed by atoms with van der Waals surface area (Å²) in [5.41, 5.74) is 2.37. The van der Waals surface area contributed by atoms with Crippen molar-refractivity contribution in [2.24, 2.45) is 5.92 Å². The Morgan fingerprint density at radius 2 is 1.64 bits per heavy atom. The number of nitrogens with one attached hydrogen (secondary N) is 1. The number of hydrogen-bond donors (Lipinski definition) is 1. The Balaban J connectivity index is 1.61. The van der Waals surface area contributed by atoms with Gasteiger partial charge in [-0.2, -0.15) is 0 Å². The fraction of sp³-hybridized carbons (Fsp3) is 0.423. The van der Waals surface area contributed by atoms with Crippen molar-refractivity contribution >= 4 is 17.8 Å². The second-order valence-corrected chi connectivity index (χ2v) is 8.79. The Bertz CT molecular complexity index is 965. The summed E-state index contributed by atoms with van der Waals surface area (Å²) in [6.45, 7) is 6.44. The zero-order valence-corrected chi connectivity index (χ0v) is 19.3. The van der Waals surface area contributed by atoms with Gasteiger partial charge >= 0.3 is 5.97 Å². The maximum Gasteiger partial charge on any atom is 0.308 e. The van der Waals surface area contributed by atoms with Crippen molar-refractivity contribution in [2.45, 2.75) is 52.2 Å². The molecular weight excluding hydrogens is 423 g/mol. The standard InChI is InChI=1S/C26H31FN2O4/c1-17(2)33-24(30)16-23(19-6-4-18(3)5-7-19)28-25(31)20-12-14-29(15-13-20)26(32)21-8-10-22(27)11-9-21/h4-11,17,20,23H,12-16H2,1-3H3,(H,28,31).